The van der Waals surface area contributed by atoms with Crippen LogP contribution in [0.2, 0.25) is 5.02 Å². The molecule has 4 rings (SSSR count). The second-order valence-corrected chi connectivity index (χ2v) is 9.51. The Morgan fingerprint density at radius 1 is 0.970 bits per heavy atom. The largest absolute Gasteiger partial charge is 0.350 e. The maximum Gasteiger partial charge on any atom is 0.264 e. The van der Waals surface area contributed by atoms with Gasteiger partial charge < -0.3 is 9.88 Å². The molecule has 1 heterocycles. The lowest BCUT2D eigenvalue weighted by atomic mass is 10.2. The van der Waals surface area contributed by atoms with Gasteiger partial charge in [-0.15, -0.1) is 0 Å². The van der Waals surface area contributed by atoms with Gasteiger partial charge in [0, 0.05) is 29.6 Å². The molecule has 0 spiro atoms. The summed E-state index contributed by atoms with van der Waals surface area (Å²) in [4.78, 5) is 16.9. The average Bonchev–Trinajstić information content (AvgIpc) is 3.38. The lowest BCUT2D eigenvalue weighted by Gasteiger charge is -2.24. The number of carbonyl (C=O) groups excluding carboxylic acids is 1. The minimum absolute atomic E-state index is 0.0999. The predicted molar refractivity (Wildman–Crippen MR) is 128 cm³/mol. The summed E-state index contributed by atoms with van der Waals surface area (Å²) in [5, 5.41) is 3.27. The lowest BCUT2D eigenvalue weighted by molar-refractivity contribution is -0.119. The van der Waals surface area contributed by atoms with Gasteiger partial charge >= 0.3 is 0 Å². The van der Waals surface area contributed by atoms with Crippen LogP contribution in [-0.2, 0) is 21.4 Å². The summed E-state index contributed by atoms with van der Waals surface area (Å²) in [6, 6.07) is 22.0. The van der Waals surface area contributed by atoms with Crippen molar-refractivity contribution in [2.24, 2.45) is 0 Å². The molecule has 0 aliphatic carbocycles. The Bertz CT molecular complexity index is 1310. The predicted octanol–water partition coefficient (Wildman–Crippen LogP) is 4.04. The molecule has 0 saturated heterocycles. The highest BCUT2D eigenvalue weighted by atomic mass is 35.5. The number of rotatable bonds is 8. The molecule has 168 valence electrons. The number of benzene rings is 3. The molecule has 33 heavy (non-hydrogen) atoms. The summed E-state index contributed by atoms with van der Waals surface area (Å²) < 4.78 is 29.5. The number of imidazole rings is 1. The summed E-state index contributed by atoms with van der Waals surface area (Å²) in [6.07, 6.45) is 5.24. The van der Waals surface area contributed by atoms with E-state index in [2.05, 4.69) is 10.3 Å². The highest BCUT2D eigenvalue weighted by Gasteiger charge is 2.27. The van der Waals surface area contributed by atoms with E-state index in [1.165, 1.54) is 12.1 Å². The highest BCUT2D eigenvalue weighted by molar-refractivity contribution is 7.92. The Kier molecular flexibility index (Phi) is 6.76. The van der Waals surface area contributed by atoms with E-state index in [9.17, 15) is 13.2 Å². The third-order valence-corrected chi connectivity index (χ3v) is 7.00. The van der Waals surface area contributed by atoms with Gasteiger partial charge in [0.25, 0.3) is 10.0 Å². The van der Waals surface area contributed by atoms with Crippen LogP contribution in [0.25, 0.3) is 5.69 Å². The summed E-state index contributed by atoms with van der Waals surface area (Å²) in [7, 11) is -3.95. The van der Waals surface area contributed by atoms with Crippen LogP contribution in [0, 0.1) is 0 Å². The Hall–Kier alpha value is -3.62. The first-order valence-electron chi connectivity index (χ1n) is 10.1. The summed E-state index contributed by atoms with van der Waals surface area (Å²) in [5.41, 5.74) is 2.18. The number of carbonyl (C=O) groups is 1. The first-order valence-corrected chi connectivity index (χ1v) is 11.9. The topological polar surface area (TPSA) is 84.3 Å². The van der Waals surface area contributed by atoms with Crippen molar-refractivity contribution in [1.29, 1.82) is 0 Å². The van der Waals surface area contributed by atoms with Crippen LogP contribution < -0.4 is 9.62 Å². The van der Waals surface area contributed by atoms with Crippen molar-refractivity contribution in [3.8, 4) is 5.69 Å². The molecule has 9 heteroatoms. The van der Waals surface area contributed by atoms with Crippen LogP contribution in [0.5, 0.6) is 0 Å². The number of hydrogen-bond acceptors (Lipinski definition) is 4. The average molecular weight is 481 g/mol. The third-order valence-electron chi connectivity index (χ3n) is 4.96. The molecule has 0 aliphatic rings. The van der Waals surface area contributed by atoms with E-state index in [0.29, 0.717) is 10.7 Å². The molecule has 1 amide bonds. The number of hydrogen-bond donors (Lipinski definition) is 1. The van der Waals surface area contributed by atoms with Gasteiger partial charge in [0.05, 0.1) is 16.9 Å². The van der Waals surface area contributed by atoms with Crippen molar-refractivity contribution in [2.75, 3.05) is 10.8 Å². The van der Waals surface area contributed by atoms with E-state index in [0.717, 1.165) is 15.6 Å². The van der Waals surface area contributed by atoms with Crippen molar-refractivity contribution in [2.45, 2.75) is 11.4 Å². The molecule has 1 N–H and O–H groups in total. The van der Waals surface area contributed by atoms with E-state index in [4.69, 9.17) is 11.6 Å². The molecule has 1 aromatic heterocycles. The molecular weight excluding hydrogens is 460 g/mol. The monoisotopic (exact) mass is 480 g/mol. The van der Waals surface area contributed by atoms with Gasteiger partial charge in [0.2, 0.25) is 5.91 Å². The molecule has 0 aliphatic heterocycles. The zero-order valence-electron chi connectivity index (χ0n) is 17.5. The fourth-order valence-electron chi connectivity index (χ4n) is 3.23. The Labute approximate surface area is 197 Å². The number of nitrogens with zero attached hydrogens (tertiary/aromatic N) is 3. The van der Waals surface area contributed by atoms with Gasteiger partial charge in [-0.2, -0.15) is 0 Å². The first kappa shape index (κ1) is 22.6. The second-order valence-electron chi connectivity index (χ2n) is 7.21. The molecule has 0 saturated carbocycles. The Morgan fingerprint density at radius 3 is 2.30 bits per heavy atom. The molecule has 0 atom stereocenters. The van der Waals surface area contributed by atoms with Crippen molar-refractivity contribution >= 4 is 33.2 Å². The number of aromatic nitrogens is 2. The Morgan fingerprint density at radius 2 is 1.67 bits per heavy atom. The molecule has 0 radical (unpaired) electrons. The van der Waals surface area contributed by atoms with Crippen LogP contribution in [0.4, 0.5) is 5.69 Å². The minimum atomic E-state index is -3.95. The van der Waals surface area contributed by atoms with E-state index in [1.807, 2.05) is 35.0 Å². The summed E-state index contributed by atoms with van der Waals surface area (Å²) in [5.74, 6) is -0.428. The van der Waals surface area contributed by atoms with Crippen molar-refractivity contribution in [1.82, 2.24) is 14.9 Å². The van der Waals surface area contributed by atoms with Gasteiger partial charge in [0.15, 0.2) is 0 Å². The van der Waals surface area contributed by atoms with E-state index in [-0.39, 0.29) is 18.0 Å². The van der Waals surface area contributed by atoms with Crippen molar-refractivity contribution < 1.29 is 13.2 Å². The zero-order chi connectivity index (χ0) is 23.3. The van der Waals surface area contributed by atoms with Gasteiger partial charge in [0.1, 0.15) is 6.54 Å². The fourth-order valence-corrected chi connectivity index (χ4v) is 4.79. The van der Waals surface area contributed by atoms with Gasteiger partial charge in [-0.3, -0.25) is 9.10 Å². The number of nitrogens with one attached hydrogen (secondary N) is 1. The molecule has 0 fully saturated rings. The quantitative estimate of drug-likeness (QED) is 0.412. The molecule has 4 aromatic rings. The maximum atomic E-state index is 13.3. The number of amides is 1. The van der Waals surface area contributed by atoms with Crippen LogP contribution >= 0.6 is 11.6 Å². The van der Waals surface area contributed by atoms with Crippen molar-refractivity contribution in [3.63, 3.8) is 0 Å². The maximum absolute atomic E-state index is 13.3. The smallest absolute Gasteiger partial charge is 0.264 e. The van der Waals surface area contributed by atoms with Gasteiger partial charge in [-0.05, 0) is 54.1 Å². The second kappa shape index (κ2) is 9.89. The number of sulfonamides is 1. The third kappa shape index (κ3) is 5.42. The zero-order valence-corrected chi connectivity index (χ0v) is 19.1. The van der Waals surface area contributed by atoms with E-state index >= 15 is 0 Å². The molecule has 7 nitrogen and oxygen atoms in total. The normalized spacial score (nSPS) is 11.2. The first-order chi connectivity index (χ1) is 15.9. The number of halogens is 1. The number of anilines is 1. The SMILES string of the molecule is O=C(CN(c1ccc(Cl)cc1)S(=O)(=O)c1ccccc1)NCc1ccc(-n2ccnc2)cc1. The van der Waals surface area contributed by atoms with Crippen LogP contribution in [-0.4, -0.2) is 30.4 Å². The van der Waals surface area contributed by atoms with Crippen LogP contribution in [0.3, 0.4) is 0 Å². The molecular formula is C24H21ClN4O3S. The standard InChI is InChI=1S/C24H21ClN4O3S/c25-20-8-12-22(13-9-20)29(33(31,32)23-4-2-1-3-5-23)17-24(30)27-16-19-6-10-21(11-7-19)28-15-14-26-18-28/h1-15,18H,16-17H2,(H,27,30). The van der Waals surface area contributed by atoms with Gasteiger partial charge in [-0.25, -0.2) is 13.4 Å². The van der Waals surface area contributed by atoms with Gasteiger partial charge in [-0.1, -0.05) is 41.9 Å². The highest BCUT2D eigenvalue weighted by Crippen LogP contribution is 2.25. The Balaban J connectivity index is 1.49. The summed E-state index contributed by atoms with van der Waals surface area (Å²) >= 11 is 5.96. The molecule has 0 unspecified atom stereocenters. The summed E-state index contributed by atoms with van der Waals surface area (Å²) in [6.45, 7) is -0.102. The van der Waals surface area contributed by atoms with Crippen LogP contribution in [0.1, 0.15) is 5.56 Å². The fraction of sp³-hybridized carbons (Fsp3) is 0.0833. The van der Waals surface area contributed by atoms with Crippen molar-refractivity contribution in [3.05, 3.63) is 108 Å². The lowest BCUT2D eigenvalue weighted by Crippen LogP contribution is -2.40. The minimum Gasteiger partial charge on any atom is -0.350 e. The molecule has 0 bridgehead atoms. The molecule has 3 aromatic carbocycles. The van der Waals surface area contributed by atoms with E-state index < -0.39 is 15.9 Å². The van der Waals surface area contributed by atoms with E-state index in [1.54, 1.807) is 55.0 Å². The van der Waals surface area contributed by atoms with Crippen LogP contribution in [0.15, 0.2) is 102 Å².